The second-order valence-corrected chi connectivity index (χ2v) is 9.29. The number of rotatable bonds is 7. The first-order chi connectivity index (χ1) is 14.4. The molecule has 1 heterocycles. The first kappa shape index (κ1) is 22.1. The quantitative estimate of drug-likeness (QED) is 0.727. The number of methoxy groups -OCH3 is 2. The van der Waals surface area contributed by atoms with E-state index in [1.165, 1.54) is 4.31 Å². The molecule has 1 N–H and O–H groups in total. The molecule has 0 aromatic heterocycles. The number of hydrogen-bond acceptors (Lipinski definition) is 5. The van der Waals surface area contributed by atoms with Crippen LogP contribution in [0.3, 0.4) is 0 Å². The van der Waals surface area contributed by atoms with Crippen molar-refractivity contribution >= 4 is 15.9 Å². The number of sulfonamides is 1. The van der Waals surface area contributed by atoms with E-state index in [1.807, 2.05) is 13.0 Å². The minimum Gasteiger partial charge on any atom is -0.497 e. The number of piperidine rings is 1. The van der Waals surface area contributed by atoms with Crippen LogP contribution in [0.4, 0.5) is 0 Å². The molecule has 2 aromatic carbocycles. The summed E-state index contributed by atoms with van der Waals surface area (Å²) in [5.74, 6) is 0.752. The molecule has 1 fully saturated rings. The Morgan fingerprint density at radius 1 is 1.13 bits per heavy atom. The van der Waals surface area contributed by atoms with Gasteiger partial charge in [0.2, 0.25) is 15.9 Å². The molecular formula is C22H28N2O5S. The van der Waals surface area contributed by atoms with Crippen LogP contribution >= 0.6 is 0 Å². The fraction of sp³-hybridized carbons (Fsp3) is 0.409. The highest BCUT2D eigenvalue weighted by Crippen LogP contribution is 2.30. The van der Waals surface area contributed by atoms with Gasteiger partial charge in [0, 0.05) is 18.7 Å². The van der Waals surface area contributed by atoms with Crippen molar-refractivity contribution in [1.82, 2.24) is 9.62 Å². The summed E-state index contributed by atoms with van der Waals surface area (Å²) in [4.78, 5) is 13.2. The Morgan fingerprint density at radius 2 is 1.87 bits per heavy atom. The molecule has 3 rings (SSSR count). The molecule has 2 unspecified atom stereocenters. The Labute approximate surface area is 178 Å². The van der Waals surface area contributed by atoms with Gasteiger partial charge in [-0.05, 0) is 50.1 Å². The molecule has 1 amide bonds. The van der Waals surface area contributed by atoms with E-state index >= 15 is 0 Å². The molecule has 0 bridgehead atoms. The van der Waals surface area contributed by atoms with Crippen molar-refractivity contribution in [3.05, 3.63) is 54.1 Å². The van der Waals surface area contributed by atoms with Gasteiger partial charge in [-0.25, -0.2) is 8.42 Å². The molecule has 2 atom stereocenters. The zero-order chi connectivity index (χ0) is 21.7. The molecule has 8 heteroatoms. The number of hydrogen-bond donors (Lipinski definition) is 1. The summed E-state index contributed by atoms with van der Waals surface area (Å²) in [6, 6.07) is 13.4. The first-order valence-corrected chi connectivity index (χ1v) is 11.4. The molecule has 162 valence electrons. The van der Waals surface area contributed by atoms with Gasteiger partial charge < -0.3 is 14.8 Å². The molecule has 1 saturated heterocycles. The van der Waals surface area contributed by atoms with Crippen molar-refractivity contribution in [3.8, 4) is 11.5 Å². The van der Waals surface area contributed by atoms with Gasteiger partial charge in [-0.1, -0.05) is 18.2 Å². The molecule has 0 aliphatic carbocycles. The Morgan fingerprint density at radius 3 is 2.53 bits per heavy atom. The maximum Gasteiger partial charge on any atom is 0.243 e. The van der Waals surface area contributed by atoms with Crippen molar-refractivity contribution < 1.29 is 22.7 Å². The zero-order valence-electron chi connectivity index (χ0n) is 17.5. The Kier molecular flexibility index (Phi) is 6.99. The molecule has 1 aliphatic heterocycles. The summed E-state index contributed by atoms with van der Waals surface area (Å²) in [6.07, 6.45) is 1.29. The zero-order valence-corrected chi connectivity index (χ0v) is 18.3. The van der Waals surface area contributed by atoms with Crippen molar-refractivity contribution in [2.75, 3.05) is 27.3 Å². The molecular weight excluding hydrogens is 404 g/mol. The topological polar surface area (TPSA) is 84.9 Å². The lowest BCUT2D eigenvalue weighted by Crippen LogP contribution is -2.45. The lowest BCUT2D eigenvalue weighted by molar-refractivity contribution is -0.126. The maximum atomic E-state index is 12.9. The molecule has 0 saturated carbocycles. The number of ether oxygens (including phenoxy) is 2. The first-order valence-electron chi connectivity index (χ1n) is 9.94. The molecule has 0 spiro atoms. The van der Waals surface area contributed by atoms with E-state index in [0.717, 1.165) is 5.56 Å². The minimum atomic E-state index is -3.61. The van der Waals surface area contributed by atoms with Crippen molar-refractivity contribution in [3.63, 3.8) is 0 Å². The smallest absolute Gasteiger partial charge is 0.243 e. The number of benzene rings is 2. The fourth-order valence-electron chi connectivity index (χ4n) is 3.70. The van der Waals surface area contributed by atoms with E-state index < -0.39 is 15.9 Å². The molecule has 7 nitrogen and oxygen atoms in total. The summed E-state index contributed by atoms with van der Waals surface area (Å²) in [7, 11) is -0.453. The van der Waals surface area contributed by atoms with Crippen molar-refractivity contribution in [2.24, 2.45) is 5.92 Å². The van der Waals surface area contributed by atoms with E-state index in [2.05, 4.69) is 5.32 Å². The van der Waals surface area contributed by atoms with Crippen LogP contribution < -0.4 is 14.8 Å². The Bertz CT molecular complexity index is 978. The number of amides is 1. The second kappa shape index (κ2) is 9.49. The Hall–Kier alpha value is -2.58. The van der Waals surface area contributed by atoms with Crippen LogP contribution in [0.15, 0.2) is 53.4 Å². The van der Waals surface area contributed by atoms with Gasteiger partial charge in [-0.3, -0.25) is 4.79 Å². The van der Waals surface area contributed by atoms with Gasteiger partial charge in [0.25, 0.3) is 0 Å². The summed E-state index contributed by atoms with van der Waals surface area (Å²) in [5, 5.41) is 3.01. The number of carbonyl (C=O) groups is 1. The summed E-state index contributed by atoms with van der Waals surface area (Å²) in [6.45, 7) is 2.46. The third kappa shape index (κ3) is 4.76. The normalized spacial score (nSPS) is 18.4. The molecule has 1 aliphatic rings. The number of carbonyl (C=O) groups excluding carboxylic acids is 1. The van der Waals surface area contributed by atoms with Crippen LogP contribution in [-0.4, -0.2) is 45.9 Å². The van der Waals surface area contributed by atoms with Crippen LogP contribution in [0.1, 0.15) is 31.4 Å². The highest BCUT2D eigenvalue weighted by molar-refractivity contribution is 7.89. The van der Waals surface area contributed by atoms with Crippen molar-refractivity contribution in [2.45, 2.75) is 30.7 Å². The summed E-state index contributed by atoms with van der Waals surface area (Å²) >= 11 is 0. The predicted molar refractivity (Wildman–Crippen MR) is 114 cm³/mol. The van der Waals surface area contributed by atoms with E-state index in [4.69, 9.17) is 9.47 Å². The Balaban J connectivity index is 1.72. The average molecular weight is 433 g/mol. The highest BCUT2D eigenvalue weighted by Gasteiger charge is 2.33. The van der Waals surface area contributed by atoms with Crippen LogP contribution in [0.5, 0.6) is 11.5 Å². The number of nitrogens with one attached hydrogen (secondary N) is 1. The fourth-order valence-corrected chi connectivity index (χ4v) is 5.25. The molecule has 0 radical (unpaired) electrons. The van der Waals surface area contributed by atoms with Gasteiger partial charge in [0.15, 0.2) is 0 Å². The number of nitrogens with zero attached hydrogens (tertiary/aromatic N) is 1. The minimum absolute atomic E-state index is 0.166. The van der Waals surface area contributed by atoms with Crippen molar-refractivity contribution in [1.29, 1.82) is 0 Å². The van der Waals surface area contributed by atoms with Gasteiger partial charge in [-0.2, -0.15) is 4.31 Å². The van der Waals surface area contributed by atoms with Crippen LogP contribution in [0, 0.1) is 5.92 Å². The van der Waals surface area contributed by atoms with E-state index in [9.17, 15) is 13.2 Å². The van der Waals surface area contributed by atoms with Crippen LogP contribution in [-0.2, 0) is 14.8 Å². The third-order valence-corrected chi connectivity index (χ3v) is 7.28. The average Bonchev–Trinajstić information content (AvgIpc) is 2.79. The standard InChI is InChI=1S/C22H28N2O5S/c1-16(20-14-18(28-2)11-12-21(20)29-3)23-22(25)17-8-7-13-24(15-17)30(26,27)19-9-5-4-6-10-19/h4-6,9-12,14,16-17H,7-8,13,15H2,1-3H3,(H,23,25). The predicted octanol–water partition coefficient (Wildman–Crippen LogP) is 2.98. The van der Waals surface area contributed by atoms with E-state index in [-0.39, 0.29) is 23.4 Å². The van der Waals surface area contributed by atoms with Gasteiger partial charge in [0.1, 0.15) is 11.5 Å². The monoisotopic (exact) mass is 432 g/mol. The molecule has 2 aromatic rings. The van der Waals surface area contributed by atoms with E-state index in [0.29, 0.717) is 30.9 Å². The maximum absolute atomic E-state index is 12.9. The van der Waals surface area contributed by atoms with Gasteiger partial charge >= 0.3 is 0 Å². The van der Waals surface area contributed by atoms with Crippen LogP contribution in [0.2, 0.25) is 0 Å². The largest absolute Gasteiger partial charge is 0.497 e. The SMILES string of the molecule is COc1ccc(OC)c(C(C)NC(=O)C2CCCN(S(=O)(=O)c3ccccc3)C2)c1. The highest BCUT2D eigenvalue weighted by atomic mass is 32.2. The van der Waals surface area contributed by atoms with Crippen LogP contribution in [0.25, 0.3) is 0 Å². The summed E-state index contributed by atoms with van der Waals surface area (Å²) < 4.78 is 37.9. The lowest BCUT2D eigenvalue weighted by Gasteiger charge is -2.32. The van der Waals surface area contributed by atoms with Gasteiger partial charge in [-0.15, -0.1) is 0 Å². The third-order valence-electron chi connectivity index (χ3n) is 5.40. The van der Waals surface area contributed by atoms with E-state index in [1.54, 1.807) is 56.7 Å². The lowest BCUT2D eigenvalue weighted by atomic mass is 9.97. The summed E-state index contributed by atoms with van der Waals surface area (Å²) in [5.41, 5.74) is 0.801. The van der Waals surface area contributed by atoms with Gasteiger partial charge in [0.05, 0.1) is 31.1 Å². The second-order valence-electron chi connectivity index (χ2n) is 7.35. The molecule has 30 heavy (non-hydrogen) atoms.